The summed E-state index contributed by atoms with van der Waals surface area (Å²) in [6, 6.07) is 10.4. The van der Waals surface area contributed by atoms with E-state index in [1.54, 1.807) is 42.5 Å². The molecular formula is C25H26N2O7. The van der Waals surface area contributed by atoms with Crippen LogP contribution in [0, 0.1) is 0 Å². The van der Waals surface area contributed by atoms with E-state index in [9.17, 15) is 9.59 Å². The number of hydrogen-bond acceptors (Lipinski definition) is 8. The molecule has 9 heteroatoms. The molecule has 0 aliphatic heterocycles. The van der Waals surface area contributed by atoms with E-state index < -0.39 is 11.9 Å². The zero-order valence-corrected chi connectivity index (χ0v) is 19.3. The number of hydrazone groups is 1. The van der Waals surface area contributed by atoms with Crippen LogP contribution in [0.25, 0.3) is 11.0 Å². The van der Waals surface area contributed by atoms with Crippen LogP contribution in [0.4, 0.5) is 0 Å². The number of ether oxygens (including phenoxy) is 4. The molecule has 0 atom stereocenters. The zero-order chi connectivity index (χ0) is 24.5. The minimum absolute atomic E-state index is 0.122. The van der Waals surface area contributed by atoms with Gasteiger partial charge in [-0.1, -0.05) is 6.08 Å². The number of carbonyl (C=O) groups is 2. The normalized spacial score (nSPS) is 10.8. The fourth-order valence-electron chi connectivity index (χ4n) is 3.18. The first-order valence-corrected chi connectivity index (χ1v) is 10.5. The summed E-state index contributed by atoms with van der Waals surface area (Å²) in [6.45, 7) is 5.93. The summed E-state index contributed by atoms with van der Waals surface area (Å²) in [6.07, 6.45) is 3.62. The number of methoxy groups -OCH3 is 2. The second-order valence-corrected chi connectivity index (χ2v) is 7.01. The van der Waals surface area contributed by atoms with E-state index in [4.69, 9.17) is 18.6 Å². The lowest BCUT2D eigenvalue weighted by molar-refractivity contribution is -0.142. The summed E-state index contributed by atoms with van der Waals surface area (Å²) in [5.41, 5.74) is 4.39. The van der Waals surface area contributed by atoms with Gasteiger partial charge in [-0.3, -0.25) is 4.79 Å². The Labute approximate surface area is 196 Å². The summed E-state index contributed by atoms with van der Waals surface area (Å²) < 4.78 is 26.7. The maximum absolute atomic E-state index is 12.5. The summed E-state index contributed by atoms with van der Waals surface area (Å²) in [5, 5.41) is 4.77. The van der Waals surface area contributed by atoms with Crippen molar-refractivity contribution in [2.24, 2.45) is 5.10 Å². The molecule has 0 aliphatic carbocycles. The van der Waals surface area contributed by atoms with Crippen LogP contribution < -0.4 is 19.6 Å². The minimum Gasteiger partial charge on any atom is -0.494 e. The molecule has 0 radical (unpaired) electrons. The Kier molecular flexibility index (Phi) is 8.28. The third kappa shape index (κ3) is 5.94. The smallest absolute Gasteiger partial charge is 0.343 e. The monoisotopic (exact) mass is 466 g/mol. The van der Waals surface area contributed by atoms with E-state index in [0.29, 0.717) is 41.4 Å². The SMILES string of the molecule is C=CCc1cc(/C=N/NC(=O)c2cc3cc(OCC)ccc3o2)cc(OC)c1OCC(=O)OC. The molecule has 0 unspecified atom stereocenters. The van der Waals surface area contributed by atoms with Gasteiger partial charge in [0.15, 0.2) is 23.9 Å². The number of nitrogens with one attached hydrogen (secondary N) is 1. The fourth-order valence-corrected chi connectivity index (χ4v) is 3.18. The molecule has 0 saturated carbocycles. The Bertz CT molecular complexity index is 1210. The van der Waals surface area contributed by atoms with E-state index in [-0.39, 0.29) is 12.4 Å². The first-order valence-electron chi connectivity index (χ1n) is 10.5. The quantitative estimate of drug-likeness (QED) is 0.198. The summed E-state index contributed by atoms with van der Waals surface area (Å²) in [7, 11) is 2.77. The van der Waals surface area contributed by atoms with Crippen molar-refractivity contribution in [3.05, 3.63) is 65.9 Å². The molecule has 0 aliphatic rings. The fraction of sp³-hybridized carbons (Fsp3) is 0.240. The number of rotatable bonds is 11. The average Bonchev–Trinajstić information content (AvgIpc) is 3.27. The van der Waals surface area contributed by atoms with E-state index in [1.165, 1.54) is 20.4 Å². The minimum atomic E-state index is -0.514. The van der Waals surface area contributed by atoms with Crippen molar-refractivity contribution in [3.63, 3.8) is 0 Å². The van der Waals surface area contributed by atoms with E-state index in [0.717, 1.165) is 10.9 Å². The molecule has 0 spiro atoms. The highest BCUT2D eigenvalue weighted by Gasteiger charge is 2.15. The predicted octanol–water partition coefficient (Wildman–Crippen LogP) is 3.88. The zero-order valence-electron chi connectivity index (χ0n) is 19.3. The van der Waals surface area contributed by atoms with Gasteiger partial charge in [0.05, 0.1) is 27.0 Å². The number of furan rings is 1. The number of carbonyl (C=O) groups excluding carboxylic acids is 2. The van der Waals surface area contributed by atoms with Crippen LogP contribution in [0.3, 0.4) is 0 Å². The van der Waals surface area contributed by atoms with Gasteiger partial charge in [0.1, 0.15) is 11.3 Å². The second kappa shape index (κ2) is 11.6. The third-order valence-corrected chi connectivity index (χ3v) is 4.70. The van der Waals surface area contributed by atoms with Gasteiger partial charge in [0, 0.05) is 10.9 Å². The second-order valence-electron chi connectivity index (χ2n) is 7.01. The van der Waals surface area contributed by atoms with Crippen molar-refractivity contribution in [2.45, 2.75) is 13.3 Å². The van der Waals surface area contributed by atoms with Crippen LogP contribution in [0.1, 0.15) is 28.6 Å². The molecule has 3 aromatic rings. The van der Waals surface area contributed by atoms with Gasteiger partial charge in [-0.05, 0) is 55.3 Å². The van der Waals surface area contributed by atoms with Crippen LogP contribution in [-0.2, 0) is 16.0 Å². The molecule has 1 N–H and O–H groups in total. The number of allylic oxidation sites excluding steroid dienone is 1. The molecular weight excluding hydrogens is 440 g/mol. The Morgan fingerprint density at radius 3 is 2.68 bits per heavy atom. The van der Waals surface area contributed by atoms with Crippen LogP contribution in [0.5, 0.6) is 17.2 Å². The van der Waals surface area contributed by atoms with Gasteiger partial charge in [-0.25, -0.2) is 10.2 Å². The predicted molar refractivity (Wildman–Crippen MR) is 127 cm³/mol. The molecule has 2 aromatic carbocycles. The van der Waals surface area contributed by atoms with Gasteiger partial charge in [0.2, 0.25) is 0 Å². The Balaban J connectivity index is 1.75. The molecule has 0 bridgehead atoms. The molecule has 0 saturated heterocycles. The highest BCUT2D eigenvalue weighted by Crippen LogP contribution is 2.33. The van der Waals surface area contributed by atoms with Crippen LogP contribution in [0.2, 0.25) is 0 Å². The van der Waals surface area contributed by atoms with E-state index in [2.05, 4.69) is 21.8 Å². The number of benzene rings is 2. The van der Waals surface area contributed by atoms with Crippen molar-refractivity contribution >= 4 is 29.1 Å². The standard InChI is InChI=1S/C25H26N2O7/c1-5-7-17-10-16(11-21(30-3)24(17)33-15-23(28)31-4)14-26-27-25(29)22-13-18-12-19(32-6-2)8-9-20(18)34-22/h5,8-14H,1,6-7,15H2,2-4H3,(H,27,29)/b26-14+. The van der Waals surface area contributed by atoms with Gasteiger partial charge < -0.3 is 23.4 Å². The first kappa shape index (κ1) is 24.4. The molecule has 9 nitrogen and oxygen atoms in total. The maximum atomic E-state index is 12.5. The molecule has 178 valence electrons. The maximum Gasteiger partial charge on any atom is 0.343 e. The largest absolute Gasteiger partial charge is 0.494 e. The van der Waals surface area contributed by atoms with Gasteiger partial charge in [-0.15, -0.1) is 6.58 Å². The Morgan fingerprint density at radius 2 is 1.97 bits per heavy atom. The number of esters is 1. The summed E-state index contributed by atoms with van der Waals surface area (Å²) >= 11 is 0. The van der Waals surface area contributed by atoms with Gasteiger partial charge in [0.25, 0.3) is 0 Å². The number of nitrogens with zero attached hydrogens (tertiary/aromatic N) is 1. The Hall–Kier alpha value is -4.27. The van der Waals surface area contributed by atoms with Crippen molar-refractivity contribution in [3.8, 4) is 17.2 Å². The average molecular weight is 466 g/mol. The molecule has 1 amide bonds. The van der Waals surface area contributed by atoms with Crippen molar-refractivity contribution in [1.29, 1.82) is 0 Å². The first-order chi connectivity index (χ1) is 16.5. The number of amides is 1. The lowest BCUT2D eigenvalue weighted by Crippen LogP contribution is -2.16. The molecule has 34 heavy (non-hydrogen) atoms. The highest BCUT2D eigenvalue weighted by atomic mass is 16.6. The highest BCUT2D eigenvalue weighted by molar-refractivity contribution is 5.96. The van der Waals surface area contributed by atoms with Gasteiger partial charge in [-0.2, -0.15) is 5.10 Å². The lowest BCUT2D eigenvalue weighted by atomic mass is 10.1. The van der Waals surface area contributed by atoms with Gasteiger partial charge >= 0.3 is 11.9 Å². The van der Waals surface area contributed by atoms with Crippen LogP contribution in [-0.4, -0.2) is 45.5 Å². The van der Waals surface area contributed by atoms with Crippen molar-refractivity contribution < 1.29 is 33.0 Å². The molecule has 1 aromatic heterocycles. The summed E-state index contributed by atoms with van der Waals surface area (Å²) in [4.78, 5) is 24.0. The van der Waals surface area contributed by atoms with E-state index >= 15 is 0 Å². The third-order valence-electron chi connectivity index (χ3n) is 4.70. The number of hydrogen-bond donors (Lipinski definition) is 1. The lowest BCUT2D eigenvalue weighted by Gasteiger charge is -2.15. The Morgan fingerprint density at radius 1 is 1.15 bits per heavy atom. The van der Waals surface area contributed by atoms with Crippen molar-refractivity contribution in [2.75, 3.05) is 27.4 Å². The number of fused-ring (bicyclic) bond motifs is 1. The summed E-state index contributed by atoms with van der Waals surface area (Å²) in [5.74, 6) is 0.615. The molecule has 3 rings (SSSR count). The van der Waals surface area contributed by atoms with Crippen LogP contribution >= 0.6 is 0 Å². The molecule has 0 fully saturated rings. The van der Waals surface area contributed by atoms with Crippen molar-refractivity contribution in [1.82, 2.24) is 5.43 Å². The molecule has 1 heterocycles. The topological polar surface area (TPSA) is 109 Å². The van der Waals surface area contributed by atoms with E-state index in [1.807, 2.05) is 6.92 Å². The van der Waals surface area contributed by atoms with Crippen LogP contribution in [0.15, 0.2) is 58.6 Å².